The summed E-state index contributed by atoms with van der Waals surface area (Å²) in [5.41, 5.74) is 1.26. The van der Waals surface area contributed by atoms with Crippen molar-refractivity contribution < 1.29 is 21.5 Å². The predicted octanol–water partition coefficient (Wildman–Crippen LogP) is -0.652. The van der Waals surface area contributed by atoms with E-state index < -0.39 is 0 Å². The van der Waals surface area contributed by atoms with E-state index in [0.29, 0.717) is 0 Å². The van der Waals surface area contributed by atoms with Gasteiger partial charge < -0.3 is 0 Å². The third-order valence-electron chi connectivity index (χ3n) is 1.87. The second kappa shape index (κ2) is 7.93. The Morgan fingerprint density at radius 3 is 2.60 bits per heavy atom. The molecule has 0 atom stereocenters. The Morgan fingerprint density at radius 1 is 1.20 bits per heavy atom. The second-order valence-corrected chi connectivity index (χ2v) is 6.26. The molecule has 0 spiro atoms. The second-order valence-electron chi connectivity index (χ2n) is 3.88. The zero-order valence-electron chi connectivity index (χ0n) is 9.46. The molecule has 2 nitrogen and oxygen atoms in total. The van der Waals surface area contributed by atoms with Crippen molar-refractivity contribution in [1.82, 2.24) is 5.32 Å². The van der Waals surface area contributed by atoms with Gasteiger partial charge in [0.25, 0.3) is 0 Å². The van der Waals surface area contributed by atoms with E-state index in [2.05, 4.69) is 47.0 Å². The van der Waals surface area contributed by atoms with Crippen molar-refractivity contribution in [2.45, 2.75) is 13.8 Å². The van der Waals surface area contributed by atoms with Crippen molar-refractivity contribution >= 4 is 5.69 Å². The van der Waals surface area contributed by atoms with E-state index in [1.165, 1.54) is 10.1 Å². The van der Waals surface area contributed by atoms with Gasteiger partial charge in [-0.1, -0.05) is 0 Å². The Bertz CT molecular complexity index is 249. The summed E-state index contributed by atoms with van der Waals surface area (Å²) in [5, 5.41) is 3.46. The standard InChI is InChI=1S/C12H20IN2/c1-11(2)10-14-9-8-13-15-12-6-4-3-5-7-12/h3-7,11,14-15H,8-10H2,1-2H3/q-1. The molecular formula is C12H20IN2-. The van der Waals surface area contributed by atoms with Crippen LogP contribution in [0.25, 0.3) is 0 Å². The van der Waals surface area contributed by atoms with Gasteiger partial charge in [-0.05, 0) is 0 Å². The quantitative estimate of drug-likeness (QED) is 0.302. The van der Waals surface area contributed by atoms with Crippen molar-refractivity contribution in [3.63, 3.8) is 0 Å². The van der Waals surface area contributed by atoms with Crippen LogP contribution in [-0.4, -0.2) is 17.5 Å². The van der Waals surface area contributed by atoms with E-state index in [1.807, 2.05) is 6.07 Å². The number of rotatable bonds is 7. The maximum atomic E-state index is 3.50. The van der Waals surface area contributed by atoms with E-state index in [4.69, 9.17) is 0 Å². The fourth-order valence-electron chi connectivity index (χ4n) is 1.13. The van der Waals surface area contributed by atoms with E-state index >= 15 is 0 Å². The molecule has 15 heavy (non-hydrogen) atoms. The Morgan fingerprint density at radius 2 is 1.93 bits per heavy atom. The molecule has 0 radical (unpaired) electrons. The number of nitrogens with one attached hydrogen (secondary N) is 2. The molecule has 0 saturated carbocycles. The fraction of sp³-hybridized carbons (Fsp3) is 0.500. The average molecular weight is 319 g/mol. The Kier molecular flexibility index (Phi) is 6.76. The average Bonchev–Trinajstić information content (AvgIpc) is 2.24. The number of halogens is 1. The molecule has 0 bridgehead atoms. The summed E-state index contributed by atoms with van der Waals surface area (Å²) in [6.45, 7) is 6.76. The van der Waals surface area contributed by atoms with Gasteiger partial charge in [0, 0.05) is 0 Å². The van der Waals surface area contributed by atoms with Crippen LogP contribution in [0.4, 0.5) is 5.69 Å². The third-order valence-corrected chi connectivity index (χ3v) is 3.95. The summed E-state index contributed by atoms with van der Waals surface area (Å²) in [4.78, 5) is 0. The number of hydrogen-bond acceptors (Lipinski definition) is 2. The van der Waals surface area contributed by atoms with Crippen LogP contribution in [0.5, 0.6) is 0 Å². The van der Waals surface area contributed by atoms with Gasteiger partial charge in [0.1, 0.15) is 0 Å². The summed E-state index contributed by atoms with van der Waals surface area (Å²) in [6.07, 6.45) is 0. The maximum absolute atomic E-state index is 3.50. The molecular weight excluding hydrogens is 299 g/mol. The van der Waals surface area contributed by atoms with Crippen molar-refractivity contribution in [2.75, 3.05) is 21.0 Å². The molecule has 0 unspecified atom stereocenters. The number of alkyl halides is 1. The first-order chi connectivity index (χ1) is 7.29. The number of hydrogen-bond donors (Lipinski definition) is 2. The van der Waals surface area contributed by atoms with E-state index in [1.54, 1.807) is 0 Å². The monoisotopic (exact) mass is 319 g/mol. The molecule has 2 N–H and O–H groups in total. The Hall–Kier alpha value is -0.290. The summed E-state index contributed by atoms with van der Waals surface area (Å²) in [5.74, 6) is 0.755. The van der Waals surface area contributed by atoms with Crippen LogP contribution in [0.1, 0.15) is 13.8 Å². The van der Waals surface area contributed by atoms with Gasteiger partial charge in [-0.3, -0.25) is 0 Å². The zero-order valence-corrected chi connectivity index (χ0v) is 11.6. The molecule has 1 rings (SSSR count). The molecule has 3 heteroatoms. The molecule has 0 saturated heterocycles. The van der Waals surface area contributed by atoms with Crippen LogP contribution in [-0.2, 0) is 0 Å². The number of para-hydroxylation sites is 1. The summed E-state index contributed by atoms with van der Waals surface area (Å²) in [7, 11) is 0. The van der Waals surface area contributed by atoms with Crippen molar-refractivity contribution in [1.29, 1.82) is 0 Å². The molecule has 0 fully saturated rings. The molecule has 0 aliphatic rings. The molecule has 0 aromatic heterocycles. The summed E-state index contributed by atoms with van der Waals surface area (Å²) < 4.78 is 4.78. The SMILES string of the molecule is CC(C)CNCC[I-]Nc1ccccc1. The number of benzene rings is 1. The summed E-state index contributed by atoms with van der Waals surface area (Å²) in [6, 6.07) is 10.4. The normalized spacial score (nSPS) is 10.9. The Balaban J connectivity index is 1.98. The molecule has 1 aromatic rings. The van der Waals surface area contributed by atoms with Gasteiger partial charge in [-0.2, -0.15) is 0 Å². The van der Waals surface area contributed by atoms with Crippen LogP contribution >= 0.6 is 0 Å². The first-order valence-corrected chi connectivity index (χ1v) is 7.99. The molecule has 1 aromatic carbocycles. The van der Waals surface area contributed by atoms with Crippen LogP contribution in [0.2, 0.25) is 0 Å². The van der Waals surface area contributed by atoms with Gasteiger partial charge in [0.15, 0.2) is 0 Å². The van der Waals surface area contributed by atoms with Crippen molar-refractivity contribution in [3.05, 3.63) is 30.3 Å². The van der Waals surface area contributed by atoms with Gasteiger partial charge in [-0.15, -0.1) is 0 Å². The first kappa shape index (κ1) is 12.8. The number of anilines is 1. The minimum atomic E-state index is 0.101. The molecule has 86 valence electrons. The molecule has 0 amide bonds. The zero-order chi connectivity index (χ0) is 10.9. The molecule has 0 aliphatic heterocycles. The van der Waals surface area contributed by atoms with Crippen LogP contribution in [0.3, 0.4) is 0 Å². The van der Waals surface area contributed by atoms with Crippen molar-refractivity contribution in [2.24, 2.45) is 5.92 Å². The van der Waals surface area contributed by atoms with Crippen LogP contribution in [0, 0.1) is 5.92 Å². The summed E-state index contributed by atoms with van der Waals surface area (Å²) >= 11 is 0.101. The van der Waals surface area contributed by atoms with Gasteiger partial charge in [-0.25, -0.2) is 0 Å². The van der Waals surface area contributed by atoms with Gasteiger partial charge in [0.2, 0.25) is 0 Å². The van der Waals surface area contributed by atoms with E-state index in [-0.39, 0.29) is 21.5 Å². The predicted molar refractivity (Wildman–Crippen MR) is 62.6 cm³/mol. The molecule has 0 aliphatic carbocycles. The van der Waals surface area contributed by atoms with E-state index in [9.17, 15) is 0 Å². The van der Waals surface area contributed by atoms with E-state index in [0.717, 1.165) is 19.0 Å². The molecule has 0 heterocycles. The van der Waals surface area contributed by atoms with Crippen LogP contribution in [0.15, 0.2) is 30.3 Å². The Labute approximate surface area is 103 Å². The van der Waals surface area contributed by atoms with Gasteiger partial charge >= 0.3 is 104 Å². The van der Waals surface area contributed by atoms with Crippen molar-refractivity contribution in [3.8, 4) is 0 Å². The third kappa shape index (κ3) is 6.73. The van der Waals surface area contributed by atoms with Crippen LogP contribution < -0.4 is 30.3 Å². The van der Waals surface area contributed by atoms with Gasteiger partial charge in [0.05, 0.1) is 0 Å². The first-order valence-electron chi connectivity index (χ1n) is 5.39. The minimum absolute atomic E-state index is 0.101. The fourth-order valence-corrected chi connectivity index (χ4v) is 2.85. The topological polar surface area (TPSA) is 24.1 Å².